The Morgan fingerprint density at radius 3 is 2.08 bits per heavy atom. The molecule has 0 nitrogen and oxygen atoms in total. The number of aryl methyl sites for hydroxylation is 2. The standard InChI is InChI=1S/C24H22/c1-17-6-10-19(11-7-17)16-21-14-15-23(24-5-3-4-22(21)24)20-12-8-18(2)9-13-20/h3-15,24H,16H2,1-2H3. The molecule has 2 aliphatic rings. The maximum Gasteiger partial charge on any atom is 0.0281 e. The smallest absolute Gasteiger partial charge is 0.0281 e. The number of hydrogen-bond acceptors (Lipinski definition) is 0. The van der Waals surface area contributed by atoms with Crippen LogP contribution in [0, 0.1) is 19.8 Å². The summed E-state index contributed by atoms with van der Waals surface area (Å²) in [6, 6.07) is 17.8. The fourth-order valence-electron chi connectivity index (χ4n) is 3.55. The molecular formula is C24H22. The van der Waals surface area contributed by atoms with Crippen LogP contribution in [-0.4, -0.2) is 0 Å². The molecule has 0 heteroatoms. The van der Waals surface area contributed by atoms with Crippen molar-refractivity contribution in [1.29, 1.82) is 0 Å². The molecule has 2 aromatic rings. The van der Waals surface area contributed by atoms with Crippen molar-refractivity contribution in [2.24, 2.45) is 5.92 Å². The van der Waals surface area contributed by atoms with E-state index in [0.29, 0.717) is 5.92 Å². The normalized spacial score (nSPS) is 18.8. The predicted molar refractivity (Wildman–Crippen MR) is 103 cm³/mol. The number of fused-ring (bicyclic) bond motifs is 1. The Morgan fingerprint density at radius 2 is 1.38 bits per heavy atom. The Bertz CT molecular complexity index is 869. The maximum absolute atomic E-state index is 2.32. The van der Waals surface area contributed by atoms with Gasteiger partial charge in [-0.25, -0.2) is 0 Å². The highest BCUT2D eigenvalue weighted by Crippen LogP contribution is 2.41. The molecule has 1 unspecified atom stereocenters. The van der Waals surface area contributed by atoms with Gasteiger partial charge in [-0.2, -0.15) is 0 Å². The lowest BCUT2D eigenvalue weighted by Gasteiger charge is -2.24. The largest absolute Gasteiger partial charge is 0.0726 e. The van der Waals surface area contributed by atoms with Gasteiger partial charge in [0, 0.05) is 5.92 Å². The topological polar surface area (TPSA) is 0 Å². The van der Waals surface area contributed by atoms with Crippen LogP contribution in [0.3, 0.4) is 0 Å². The van der Waals surface area contributed by atoms with Crippen molar-refractivity contribution >= 4 is 5.57 Å². The Balaban J connectivity index is 1.67. The summed E-state index contributed by atoms with van der Waals surface area (Å²) in [4.78, 5) is 0. The molecule has 0 aliphatic heterocycles. The number of rotatable bonds is 3. The van der Waals surface area contributed by atoms with Crippen LogP contribution >= 0.6 is 0 Å². The summed E-state index contributed by atoms with van der Waals surface area (Å²) in [6.07, 6.45) is 12.4. The van der Waals surface area contributed by atoms with Crippen LogP contribution in [0.2, 0.25) is 0 Å². The highest BCUT2D eigenvalue weighted by atomic mass is 14.3. The molecule has 0 radical (unpaired) electrons. The molecule has 0 N–H and O–H groups in total. The summed E-state index contributed by atoms with van der Waals surface area (Å²) in [7, 11) is 0. The lowest BCUT2D eigenvalue weighted by atomic mass is 9.79. The van der Waals surface area contributed by atoms with Crippen LogP contribution in [0.25, 0.3) is 5.57 Å². The monoisotopic (exact) mass is 310 g/mol. The van der Waals surface area contributed by atoms with E-state index in [-0.39, 0.29) is 0 Å². The number of allylic oxidation sites excluding steroid dienone is 8. The highest BCUT2D eigenvalue weighted by Gasteiger charge is 2.25. The van der Waals surface area contributed by atoms with Crippen molar-refractivity contribution in [2.45, 2.75) is 20.3 Å². The summed E-state index contributed by atoms with van der Waals surface area (Å²) in [5.74, 6) is 0.401. The first-order valence-electron chi connectivity index (χ1n) is 8.63. The van der Waals surface area contributed by atoms with E-state index in [1.807, 2.05) is 0 Å². The van der Waals surface area contributed by atoms with Gasteiger partial charge in [0.05, 0.1) is 0 Å². The molecule has 24 heavy (non-hydrogen) atoms. The molecule has 0 saturated carbocycles. The third-order valence-corrected chi connectivity index (χ3v) is 4.98. The van der Waals surface area contributed by atoms with Crippen LogP contribution in [-0.2, 0) is 6.42 Å². The fraction of sp³-hybridized carbons (Fsp3) is 0.167. The first-order valence-corrected chi connectivity index (χ1v) is 8.63. The molecule has 0 saturated heterocycles. The average molecular weight is 310 g/mol. The lowest BCUT2D eigenvalue weighted by molar-refractivity contribution is 0.972. The second-order valence-corrected chi connectivity index (χ2v) is 6.83. The van der Waals surface area contributed by atoms with Crippen molar-refractivity contribution in [3.8, 4) is 0 Å². The van der Waals surface area contributed by atoms with E-state index in [1.54, 1.807) is 0 Å². The molecule has 0 fully saturated rings. The minimum absolute atomic E-state index is 0.401. The molecule has 2 aromatic carbocycles. The summed E-state index contributed by atoms with van der Waals surface area (Å²) >= 11 is 0. The van der Waals surface area contributed by atoms with E-state index in [9.17, 15) is 0 Å². The van der Waals surface area contributed by atoms with Crippen LogP contribution in [0.1, 0.15) is 22.3 Å². The van der Waals surface area contributed by atoms with E-state index >= 15 is 0 Å². The Hall–Kier alpha value is -2.60. The molecule has 4 rings (SSSR count). The zero-order chi connectivity index (χ0) is 16.5. The van der Waals surface area contributed by atoms with Gasteiger partial charge < -0.3 is 0 Å². The van der Waals surface area contributed by atoms with E-state index in [4.69, 9.17) is 0 Å². The van der Waals surface area contributed by atoms with Gasteiger partial charge in [-0.15, -0.1) is 0 Å². The minimum Gasteiger partial charge on any atom is -0.0726 e. The van der Waals surface area contributed by atoms with Crippen molar-refractivity contribution < 1.29 is 0 Å². The van der Waals surface area contributed by atoms with Gasteiger partial charge in [-0.1, -0.05) is 90.0 Å². The zero-order valence-corrected chi connectivity index (χ0v) is 14.3. The van der Waals surface area contributed by atoms with Crippen molar-refractivity contribution in [3.05, 3.63) is 112 Å². The molecule has 0 bridgehead atoms. The van der Waals surface area contributed by atoms with Crippen LogP contribution in [0.5, 0.6) is 0 Å². The Kier molecular flexibility index (Phi) is 3.82. The zero-order valence-electron chi connectivity index (χ0n) is 14.3. The SMILES string of the molecule is Cc1ccc(CC2=CC=C(c3ccc(C)cc3)C3C=CC=C23)cc1. The number of hydrogen-bond donors (Lipinski definition) is 0. The average Bonchev–Trinajstić information content (AvgIpc) is 3.08. The van der Waals surface area contributed by atoms with Crippen molar-refractivity contribution in [1.82, 2.24) is 0 Å². The van der Waals surface area contributed by atoms with Crippen LogP contribution < -0.4 is 0 Å². The molecular weight excluding hydrogens is 288 g/mol. The summed E-state index contributed by atoms with van der Waals surface area (Å²) < 4.78 is 0. The second kappa shape index (κ2) is 6.13. The van der Waals surface area contributed by atoms with Gasteiger partial charge in [0.1, 0.15) is 0 Å². The quantitative estimate of drug-likeness (QED) is 0.654. The molecule has 1 atom stereocenters. The van der Waals surface area contributed by atoms with Gasteiger partial charge in [-0.3, -0.25) is 0 Å². The highest BCUT2D eigenvalue weighted by molar-refractivity contribution is 5.78. The summed E-state index contributed by atoms with van der Waals surface area (Å²) in [5, 5.41) is 0. The molecule has 0 heterocycles. The number of benzene rings is 2. The van der Waals surface area contributed by atoms with Gasteiger partial charge in [0.15, 0.2) is 0 Å². The van der Waals surface area contributed by atoms with Gasteiger partial charge in [0.2, 0.25) is 0 Å². The fourth-order valence-corrected chi connectivity index (χ4v) is 3.55. The van der Waals surface area contributed by atoms with Crippen molar-refractivity contribution in [2.75, 3.05) is 0 Å². The Labute approximate surface area is 144 Å². The summed E-state index contributed by atoms with van der Waals surface area (Å²) in [5.41, 5.74) is 9.63. The minimum atomic E-state index is 0.401. The molecule has 0 aromatic heterocycles. The third-order valence-electron chi connectivity index (χ3n) is 4.98. The maximum atomic E-state index is 2.32. The molecule has 0 amide bonds. The summed E-state index contributed by atoms with van der Waals surface area (Å²) in [6.45, 7) is 4.28. The Morgan fingerprint density at radius 1 is 0.708 bits per heavy atom. The first kappa shape index (κ1) is 15.0. The van der Waals surface area contributed by atoms with E-state index in [0.717, 1.165) is 6.42 Å². The van der Waals surface area contributed by atoms with Gasteiger partial charge in [-0.05, 0) is 48.1 Å². The van der Waals surface area contributed by atoms with Crippen LogP contribution in [0.4, 0.5) is 0 Å². The van der Waals surface area contributed by atoms with E-state index in [1.165, 1.54) is 39.0 Å². The molecule has 118 valence electrons. The van der Waals surface area contributed by atoms with E-state index in [2.05, 4.69) is 92.8 Å². The second-order valence-electron chi connectivity index (χ2n) is 6.83. The predicted octanol–water partition coefficient (Wildman–Crippen LogP) is 5.98. The first-order chi connectivity index (χ1) is 11.7. The van der Waals surface area contributed by atoms with E-state index < -0.39 is 0 Å². The van der Waals surface area contributed by atoms with Crippen molar-refractivity contribution in [3.63, 3.8) is 0 Å². The third kappa shape index (κ3) is 2.80. The lowest BCUT2D eigenvalue weighted by Crippen LogP contribution is -2.09. The molecule has 0 spiro atoms. The van der Waals surface area contributed by atoms with Gasteiger partial charge in [0.25, 0.3) is 0 Å². The van der Waals surface area contributed by atoms with Crippen LogP contribution in [0.15, 0.2) is 90.1 Å². The molecule has 2 aliphatic carbocycles. The van der Waals surface area contributed by atoms with Gasteiger partial charge >= 0.3 is 0 Å².